The zero-order chi connectivity index (χ0) is 15.4. The van der Waals surface area contributed by atoms with E-state index in [0.29, 0.717) is 10.8 Å². The monoisotopic (exact) mass is 300 g/mol. The van der Waals surface area contributed by atoms with Crippen LogP contribution < -0.4 is 11.2 Å². The van der Waals surface area contributed by atoms with Crippen molar-refractivity contribution in [1.82, 2.24) is 9.55 Å². The fraction of sp³-hybridized carbons (Fsp3) is 0.714. The van der Waals surface area contributed by atoms with E-state index < -0.39 is 0 Å². The van der Waals surface area contributed by atoms with Gasteiger partial charge in [-0.25, -0.2) is 4.79 Å². The van der Waals surface area contributed by atoms with Crippen LogP contribution in [-0.4, -0.2) is 28.0 Å². The van der Waals surface area contributed by atoms with Gasteiger partial charge in [-0.3, -0.25) is 14.3 Å². The molecule has 2 atom stereocenters. The summed E-state index contributed by atoms with van der Waals surface area (Å²) in [5.74, 6) is 0.260. The number of ether oxygens (including phenoxy) is 1. The third-order valence-corrected chi connectivity index (χ3v) is 4.36. The Morgan fingerprint density at radius 3 is 2.30 bits per heavy atom. The molecule has 0 aliphatic rings. The lowest BCUT2D eigenvalue weighted by Crippen LogP contribution is -2.39. The summed E-state index contributed by atoms with van der Waals surface area (Å²) < 4.78 is 7.16. The number of H-pyrrole nitrogens is 1. The van der Waals surface area contributed by atoms with Gasteiger partial charge >= 0.3 is 5.69 Å². The Kier molecular flexibility index (Phi) is 6.07. The van der Waals surface area contributed by atoms with Crippen molar-refractivity contribution in [3.8, 4) is 0 Å². The first-order chi connectivity index (χ1) is 9.27. The minimum atomic E-state index is -0.388. The first-order valence-corrected chi connectivity index (χ1v) is 7.72. The molecule has 0 aromatic carbocycles. The number of nitrogens with one attached hydrogen (secondary N) is 1. The molecule has 20 heavy (non-hydrogen) atoms. The highest BCUT2D eigenvalue weighted by Crippen LogP contribution is 2.33. The van der Waals surface area contributed by atoms with Gasteiger partial charge in [-0.15, -0.1) is 11.8 Å². The Bertz CT molecular complexity index is 548. The molecule has 0 fully saturated rings. The summed E-state index contributed by atoms with van der Waals surface area (Å²) >= 11 is 1.66. The van der Waals surface area contributed by atoms with E-state index in [0.717, 1.165) is 0 Å². The second-order valence-electron chi connectivity index (χ2n) is 5.50. The summed E-state index contributed by atoms with van der Waals surface area (Å²) in [6.07, 6.45) is 1.51. The number of aromatic amines is 1. The second-order valence-corrected chi connectivity index (χ2v) is 7.20. The Labute approximate surface area is 123 Å². The Morgan fingerprint density at radius 1 is 1.25 bits per heavy atom. The molecule has 0 saturated heterocycles. The molecule has 0 aliphatic heterocycles. The van der Waals surface area contributed by atoms with Crippen LogP contribution in [0.1, 0.15) is 38.6 Å². The van der Waals surface area contributed by atoms with Crippen LogP contribution in [0.4, 0.5) is 0 Å². The zero-order valence-corrected chi connectivity index (χ0v) is 13.8. The lowest BCUT2D eigenvalue weighted by Gasteiger charge is -2.31. The fourth-order valence-corrected chi connectivity index (χ4v) is 3.50. The highest BCUT2D eigenvalue weighted by atomic mass is 32.2. The van der Waals surface area contributed by atoms with Crippen LogP contribution >= 0.6 is 11.8 Å². The lowest BCUT2D eigenvalue weighted by molar-refractivity contribution is 0.0467. The molecule has 1 rings (SSSR count). The van der Waals surface area contributed by atoms with Crippen LogP contribution in [-0.2, 0) is 4.74 Å². The molecule has 0 unspecified atom stereocenters. The van der Waals surface area contributed by atoms with Crippen molar-refractivity contribution in [2.45, 2.75) is 51.3 Å². The predicted molar refractivity (Wildman–Crippen MR) is 83.5 cm³/mol. The largest absolute Gasteiger partial charge is 0.378 e. The maximum absolute atomic E-state index is 12.1. The first-order valence-electron chi connectivity index (χ1n) is 6.78. The highest BCUT2D eigenvalue weighted by molar-refractivity contribution is 7.99. The number of aromatic nitrogens is 2. The average Bonchev–Trinajstić information content (AvgIpc) is 2.32. The van der Waals surface area contributed by atoms with Crippen LogP contribution in [0.2, 0.25) is 0 Å². The molecule has 1 N–H and O–H groups in total. The molecule has 0 saturated carbocycles. The van der Waals surface area contributed by atoms with Gasteiger partial charge in [0, 0.05) is 24.1 Å². The molecule has 0 radical (unpaired) electrons. The summed E-state index contributed by atoms with van der Waals surface area (Å²) in [4.78, 5) is 26.0. The van der Waals surface area contributed by atoms with Gasteiger partial charge in [0.2, 0.25) is 0 Å². The van der Waals surface area contributed by atoms with E-state index >= 15 is 0 Å². The standard InChI is InChI=1S/C14H24N2O3S/c1-8(2)11(19-6)13(20-9(3)4)16-7-10(5)12(17)15-14(16)18/h7-9,11,13H,1-6H3,(H,15,17,18)/t11-,13+/m0/s1. The number of methoxy groups -OCH3 is 1. The van der Waals surface area contributed by atoms with Crippen LogP contribution in [0.5, 0.6) is 0 Å². The Morgan fingerprint density at radius 2 is 1.85 bits per heavy atom. The minimum absolute atomic E-state index is 0.106. The van der Waals surface area contributed by atoms with Crippen LogP contribution in [0.15, 0.2) is 15.8 Å². The molecule has 5 nitrogen and oxygen atoms in total. The van der Waals surface area contributed by atoms with Gasteiger partial charge in [0.15, 0.2) is 0 Å². The summed E-state index contributed by atoms with van der Waals surface area (Å²) in [5, 5.41) is 0.179. The molecular weight excluding hydrogens is 276 g/mol. The summed E-state index contributed by atoms with van der Waals surface area (Å²) in [6.45, 7) is 9.98. The minimum Gasteiger partial charge on any atom is -0.378 e. The topological polar surface area (TPSA) is 64.1 Å². The predicted octanol–water partition coefficient (Wildman–Crippen LogP) is 2.16. The van der Waals surface area contributed by atoms with Gasteiger partial charge in [0.25, 0.3) is 5.56 Å². The van der Waals surface area contributed by atoms with E-state index in [1.807, 2.05) is 0 Å². The van der Waals surface area contributed by atoms with Crippen molar-refractivity contribution in [2.24, 2.45) is 5.92 Å². The molecular formula is C14H24N2O3S. The Hall–Kier alpha value is -1.01. The Balaban J connectivity index is 3.33. The molecule has 0 spiro atoms. The third-order valence-electron chi connectivity index (χ3n) is 3.04. The van der Waals surface area contributed by atoms with Crippen molar-refractivity contribution in [1.29, 1.82) is 0 Å². The number of rotatable bonds is 6. The van der Waals surface area contributed by atoms with Crippen LogP contribution in [0.25, 0.3) is 0 Å². The summed E-state index contributed by atoms with van der Waals surface area (Å²) in [5.41, 5.74) is -0.197. The molecule has 6 heteroatoms. The van der Waals surface area contributed by atoms with Crippen molar-refractivity contribution in [2.75, 3.05) is 7.11 Å². The van der Waals surface area contributed by atoms with Gasteiger partial charge < -0.3 is 4.74 Å². The van der Waals surface area contributed by atoms with Crippen molar-refractivity contribution < 1.29 is 4.74 Å². The number of thioether (sulfide) groups is 1. The van der Waals surface area contributed by atoms with Gasteiger partial charge in [0.05, 0.1) is 6.10 Å². The van der Waals surface area contributed by atoms with Crippen molar-refractivity contribution in [3.63, 3.8) is 0 Å². The van der Waals surface area contributed by atoms with E-state index in [2.05, 4.69) is 32.7 Å². The number of nitrogens with zero attached hydrogens (tertiary/aromatic N) is 1. The quantitative estimate of drug-likeness (QED) is 0.874. The second kappa shape index (κ2) is 7.13. The zero-order valence-electron chi connectivity index (χ0n) is 13.0. The molecule has 1 aromatic rings. The third kappa shape index (κ3) is 3.99. The molecule has 0 bridgehead atoms. The molecule has 1 aromatic heterocycles. The van der Waals surface area contributed by atoms with Crippen LogP contribution in [0, 0.1) is 12.8 Å². The van der Waals surface area contributed by atoms with Gasteiger partial charge in [-0.1, -0.05) is 27.7 Å². The van der Waals surface area contributed by atoms with Crippen LogP contribution in [0.3, 0.4) is 0 Å². The fourth-order valence-electron chi connectivity index (χ4n) is 2.07. The number of aryl methyl sites for hydroxylation is 1. The van der Waals surface area contributed by atoms with E-state index in [4.69, 9.17) is 4.74 Å². The van der Waals surface area contributed by atoms with E-state index in [1.54, 1.807) is 36.6 Å². The molecule has 1 heterocycles. The number of hydrogen-bond donors (Lipinski definition) is 1. The maximum Gasteiger partial charge on any atom is 0.329 e. The molecule has 0 amide bonds. The number of hydrogen-bond acceptors (Lipinski definition) is 4. The van der Waals surface area contributed by atoms with Crippen molar-refractivity contribution in [3.05, 3.63) is 32.6 Å². The van der Waals surface area contributed by atoms with Gasteiger partial charge in [-0.2, -0.15) is 0 Å². The van der Waals surface area contributed by atoms with E-state index in [1.165, 1.54) is 0 Å². The van der Waals surface area contributed by atoms with Crippen molar-refractivity contribution >= 4 is 11.8 Å². The summed E-state index contributed by atoms with van der Waals surface area (Å²) in [6, 6.07) is 0. The lowest BCUT2D eigenvalue weighted by atomic mass is 10.1. The summed E-state index contributed by atoms with van der Waals surface area (Å²) in [7, 11) is 1.65. The average molecular weight is 300 g/mol. The molecule has 0 aliphatic carbocycles. The van der Waals surface area contributed by atoms with Gasteiger partial charge in [-0.05, 0) is 12.8 Å². The van der Waals surface area contributed by atoms with E-state index in [9.17, 15) is 9.59 Å². The highest BCUT2D eigenvalue weighted by Gasteiger charge is 2.28. The van der Waals surface area contributed by atoms with E-state index in [-0.39, 0.29) is 28.6 Å². The maximum atomic E-state index is 12.1. The first kappa shape index (κ1) is 17.0. The normalized spacial score (nSPS) is 14.8. The van der Waals surface area contributed by atoms with Gasteiger partial charge in [0.1, 0.15) is 5.37 Å². The molecule has 114 valence electrons. The SMILES string of the molecule is CO[C@@H](C(C)C)[C@@H](SC(C)C)n1cc(C)c(=O)[nH]c1=O. The smallest absolute Gasteiger partial charge is 0.329 e.